The molecule has 0 heterocycles. The van der Waals surface area contributed by atoms with Crippen LogP contribution in [0.25, 0.3) is 0 Å². The number of amides is 1. The smallest absolute Gasteiger partial charge is 0.338 e. The Labute approximate surface area is 136 Å². The van der Waals surface area contributed by atoms with Crippen molar-refractivity contribution in [3.8, 4) is 0 Å². The lowest BCUT2D eigenvalue weighted by Crippen LogP contribution is -2.31. The van der Waals surface area contributed by atoms with Crippen molar-refractivity contribution in [2.75, 3.05) is 20.3 Å². The lowest BCUT2D eigenvalue weighted by atomic mass is 10.1. The zero-order chi connectivity index (χ0) is 15.7. The largest absolute Gasteiger partial charge is 0.462 e. The maximum absolute atomic E-state index is 11.7. The van der Waals surface area contributed by atoms with Crippen LogP contribution in [0.5, 0.6) is 0 Å². The number of nitrogens with two attached hydrogens (primary N) is 1. The third-order valence-electron chi connectivity index (χ3n) is 2.96. The predicted octanol–water partition coefficient (Wildman–Crippen LogP) is 1.27. The van der Waals surface area contributed by atoms with Crippen molar-refractivity contribution in [2.45, 2.75) is 26.0 Å². The van der Waals surface area contributed by atoms with E-state index in [2.05, 4.69) is 5.32 Å². The molecule has 0 radical (unpaired) electrons. The fourth-order valence-corrected chi connectivity index (χ4v) is 1.72. The van der Waals surface area contributed by atoms with E-state index < -0.39 is 0 Å². The van der Waals surface area contributed by atoms with Crippen LogP contribution in [0.15, 0.2) is 24.3 Å². The molecular weight excluding hydrogens is 308 g/mol. The molecule has 1 unspecified atom stereocenters. The summed E-state index contributed by atoms with van der Waals surface area (Å²) in [6.07, 6.45) is -0.0373. The highest BCUT2D eigenvalue weighted by Gasteiger charge is 2.11. The van der Waals surface area contributed by atoms with E-state index in [1.807, 2.05) is 0 Å². The van der Waals surface area contributed by atoms with Gasteiger partial charge in [-0.25, -0.2) is 4.79 Å². The number of esters is 1. The first-order valence-electron chi connectivity index (χ1n) is 6.86. The minimum absolute atomic E-state index is 0. The standard InChI is InChI=1S/C15H22N2O4.ClH/c1-3-21-15(19)12-6-4-11(5-7-12)10-17-14(18)8-13(9-16)20-2;/h4-7,13H,3,8-10,16H2,1-2H3,(H,17,18);1H. The molecule has 0 spiro atoms. The minimum Gasteiger partial charge on any atom is -0.462 e. The number of methoxy groups -OCH3 is 1. The highest BCUT2D eigenvalue weighted by atomic mass is 35.5. The maximum atomic E-state index is 11.7. The Bertz CT molecular complexity index is 461. The molecule has 3 N–H and O–H groups in total. The van der Waals surface area contributed by atoms with Gasteiger partial charge in [0.25, 0.3) is 0 Å². The Morgan fingerprint density at radius 3 is 2.41 bits per heavy atom. The number of hydrogen-bond acceptors (Lipinski definition) is 5. The molecule has 0 aliphatic rings. The molecule has 0 bridgehead atoms. The number of ether oxygens (including phenoxy) is 2. The first-order chi connectivity index (χ1) is 10.1. The van der Waals surface area contributed by atoms with Crippen LogP contribution in [-0.2, 0) is 20.8 Å². The van der Waals surface area contributed by atoms with Gasteiger partial charge in [-0.1, -0.05) is 12.1 Å². The molecule has 0 aromatic heterocycles. The lowest BCUT2D eigenvalue weighted by molar-refractivity contribution is -0.123. The number of nitrogens with one attached hydrogen (secondary N) is 1. The molecule has 22 heavy (non-hydrogen) atoms. The molecule has 124 valence electrons. The highest BCUT2D eigenvalue weighted by molar-refractivity contribution is 5.89. The van der Waals surface area contributed by atoms with E-state index in [0.29, 0.717) is 25.3 Å². The van der Waals surface area contributed by atoms with Gasteiger partial charge in [0.2, 0.25) is 5.91 Å². The minimum atomic E-state index is -0.348. The first-order valence-corrected chi connectivity index (χ1v) is 6.86. The van der Waals surface area contributed by atoms with E-state index >= 15 is 0 Å². The molecule has 0 aliphatic heterocycles. The average molecular weight is 331 g/mol. The number of carbonyl (C=O) groups is 2. The van der Waals surface area contributed by atoms with Crippen LogP contribution < -0.4 is 11.1 Å². The highest BCUT2D eigenvalue weighted by Crippen LogP contribution is 2.06. The molecule has 1 atom stereocenters. The maximum Gasteiger partial charge on any atom is 0.338 e. The second kappa shape index (κ2) is 11.0. The molecule has 7 heteroatoms. The Morgan fingerprint density at radius 1 is 1.27 bits per heavy atom. The monoisotopic (exact) mass is 330 g/mol. The predicted molar refractivity (Wildman–Crippen MR) is 86.0 cm³/mol. The van der Waals surface area contributed by atoms with Gasteiger partial charge in [0.05, 0.1) is 24.7 Å². The van der Waals surface area contributed by atoms with Crippen LogP contribution in [0, 0.1) is 0 Å². The Kier molecular flexibility index (Phi) is 10.2. The second-order valence-corrected chi connectivity index (χ2v) is 4.49. The summed E-state index contributed by atoms with van der Waals surface area (Å²) in [5.74, 6) is -0.472. The first kappa shape index (κ1) is 20.4. The van der Waals surface area contributed by atoms with E-state index in [0.717, 1.165) is 5.56 Å². The fraction of sp³-hybridized carbons (Fsp3) is 0.467. The summed E-state index contributed by atoms with van der Waals surface area (Å²) in [7, 11) is 1.53. The van der Waals surface area contributed by atoms with Crippen molar-refractivity contribution >= 4 is 24.3 Å². The lowest BCUT2D eigenvalue weighted by Gasteiger charge is -2.12. The fourth-order valence-electron chi connectivity index (χ4n) is 1.72. The van der Waals surface area contributed by atoms with Crippen molar-refractivity contribution in [2.24, 2.45) is 5.73 Å². The van der Waals surface area contributed by atoms with Gasteiger partial charge < -0.3 is 20.5 Å². The summed E-state index contributed by atoms with van der Waals surface area (Å²) in [6, 6.07) is 6.92. The van der Waals surface area contributed by atoms with Crippen LogP contribution in [0.2, 0.25) is 0 Å². The zero-order valence-electron chi connectivity index (χ0n) is 12.8. The molecule has 0 saturated carbocycles. The SMILES string of the molecule is CCOC(=O)c1ccc(CNC(=O)CC(CN)OC)cc1.Cl. The number of halogens is 1. The van der Waals surface area contributed by atoms with Gasteiger partial charge in [-0.15, -0.1) is 12.4 Å². The van der Waals surface area contributed by atoms with Crippen LogP contribution >= 0.6 is 12.4 Å². The molecule has 0 saturated heterocycles. The number of benzene rings is 1. The van der Waals surface area contributed by atoms with Crippen LogP contribution in [-0.4, -0.2) is 38.2 Å². The summed E-state index contributed by atoms with van der Waals surface area (Å²) in [5, 5.41) is 2.78. The van der Waals surface area contributed by atoms with Crippen molar-refractivity contribution in [3.05, 3.63) is 35.4 Å². The molecule has 0 aliphatic carbocycles. The van der Waals surface area contributed by atoms with Gasteiger partial charge in [-0.3, -0.25) is 4.79 Å². The molecular formula is C15H23ClN2O4. The molecule has 1 aromatic rings. The summed E-state index contributed by atoms with van der Waals surface area (Å²) < 4.78 is 9.95. The number of rotatable bonds is 8. The molecule has 1 amide bonds. The number of carbonyl (C=O) groups excluding carboxylic acids is 2. The number of hydrogen-bond donors (Lipinski definition) is 2. The summed E-state index contributed by atoms with van der Waals surface area (Å²) >= 11 is 0. The van der Waals surface area contributed by atoms with Crippen LogP contribution in [0.1, 0.15) is 29.3 Å². The molecule has 6 nitrogen and oxygen atoms in total. The van der Waals surface area contributed by atoms with Crippen molar-refractivity contribution < 1.29 is 19.1 Å². The van der Waals surface area contributed by atoms with Gasteiger partial charge in [-0.05, 0) is 24.6 Å². The third kappa shape index (κ3) is 6.89. The molecule has 1 rings (SSSR count). The van der Waals surface area contributed by atoms with Gasteiger partial charge in [-0.2, -0.15) is 0 Å². The van der Waals surface area contributed by atoms with E-state index in [1.54, 1.807) is 31.2 Å². The van der Waals surface area contributed by atoms with E-state index in [9.17, 15) is 9.59 Å². The average Bonchev–Trinajstić information content (AvgIpc) is 2.51. The van der Waals surface area contributed by atoms with E-state index in [4.69, 9.17) is 15.2 Å². The summed E-state index contributed by atoms with van der Waals surface area (Å²) in [4.78, 5) is 23.2. The van der Waals surface area contributed by atoms with Gasteiger partial charge in [0.15, 0.2) is 0 Å². The van der Waals surface area contributed by atoms with Crippen molar-refractivity contribution in [1.82, 2.24) is 5.32 Å². The van der Waals surface area contributed by atoms with Crippen molar-refractivity contribution in [3.63, 3.8) is 0 Å². The van der Waals surface area contributed by atoms with E-state index in [1.165, 1.54) is 7.11 Å². The van der Waals surface area contributed by atoms with Crippen molar-refractivity contribution in [1.29, 1.82) is 0 Å². The van der Waals surface area contributed by atoms with Gasteiger partial charge in [0, 0.05) is 20.2 Å². The third-order valence-corrected chi connectivity index (χ3v) is 2.96. The Hall–Kier alpha value is -1.63. The van der Waals surface area contributed by atoms with Crippen LogP contribution in [0.4, 0.5) is 0 Å². The Morgan fingerprint density at radius 2 is 1.91 bits per heavy atom. The molecule has 0 fully saturated rings. The summed E-state index contributed by atoms with van der Waals surface area (Å²) in [5.41, 5.74) is 6.86. The second-order valence-electron chi connectivity index (χ2n) is 4.49. The van der Waals surface area contributed by atoms with Gasteiger partial charge >= 0.3 is 5.97 Å². The van der Waals surface area contributed by atoms with Crippen LogP contribution in [0.3, 0.4) is 0 Å². The molecule has 1 aromatic carbocycles. The topological polar surface area (TPSA) is 90.7 Å². The quantitative estimate of drug-likeness (QED) is 0.700. The van der Waals surface area contributed by atoms with Gasteiger partial charge in [0.1, 0.15) is 0 Å². The summed E-state index contributed by atoms with van der Waals surface area (Å²) in [6.45, 7) is 2.80. The Balaban J connectivity index is 0.00000441. The van der Waals surface area contributed by atoms with E-state index in [-0.39, 0.29) is 36.8 Å². The zero-order valence-corrected chi connectivity index (χ0v) is 13.7. The normalized spacial score (nSPS) is 11.2.